The van der Waals surface area contributed by atoms with E-state index in [1.54, 1.807) is 38.5 Å². The molecule has 12 unspecified atom stereocenters. The number of hydrogen-bond acceptors (Lipinski definition) is 24. The maximum Gasteiger partial charge on any atom is 0.323 e. The molecule has 0 radical (unpaired) electrons. The van der Waals surface area contributed by atoms with Gasteiger partial charge in [-0.25, -0.2) is 0 Å². The fourth-order valence-electron chi connectivity index (χ4n) is 18.4. The monoisotopic (exact) mass is 1720 g/mol. The van der Waals surface area contributed by atoms with Gasteiger partial charge in [0.1, 0.15) is 48.5 Å². The van der Waals surface area contributed by atoms with E-state index in [0.717, 1.165) is 46.3 Å². The van der Waals surface area contributed by atoms with E-state index in [4.69, 9.17) is 140 Å². The highest BCUT2D eigenvalue weighted by atomic mass is 16.6. The Balaban J connectivity index is 0.000000241. The molecule has 120 heavy (non-hydrogen) atoms. The molecule has 0 bridgehead atoms. The molecule has 8 aliphatic heterocycles. The molecule has 4 fully saturated rings. The zero-order valence-corrected chi connectivity index (χ0v) is 70.6. The zero-order valence-electron chi connectivity index (χ0n) is 115. The van der Waals surface area contributed by atoms with Crippen LogP contribution in [-0.4, -0.2) is 201 Å². The molecule has 16 atom stereocenters. The van der Waals surface area contributed by atoms with Gasteiger partial charge >= 0.3 is 23.9 Å². The summed E-state index contributed by atoms with van der Waals surface area (Å²) in [5.74, 6) is -20.2. The van der Waals surface area contributed by atoms with Crippen LogP contribution in [0, 0.1) is 70.9 Å². The number of nitrogens with two attached hydrogens (primary N) is 4. The van der Waals surface area contributed by atoms with Gasteiger partial charge in [0.15, 0.2) is 46.0 Å². The van der Waals surface area contributed by atoms with Crippen molar-refractivity contribution in [3.63, 3.8) is 0 Å². The van der Waals surface area contributed by atoms with Gasteiger partial charge in [-0.05, 0) is 192 Å². The molecule has 12 rings (SSSR count). The number of carbonyl (C=O) groups excluding carboxylic acids is 4. The third kappa shape index (κ3) is 23.8. The van der Waals surface area contributed by atoms with Crippen molar-refractivity contribution >= 4 is 23.9 Å². The van der Waals surface area contributed by atoms with E-state index in [1.165, 1.54) is 26.4 Å². The number of esters is 4. The fourth-order valence-corrected chi connectivity index (χ4v) is 18.4. The summed E-state index contributed by atoms with van der Waals surface area (Å²) < 4.78 is 406. The molecule has 24 nitrogen and oxygen atoms in total. The molecule has 4 aromatic carbocycles. The Morgan fingerprint density at radius 2 is 0.525 bits per heavy atom. The SMILES string of the molecule is [2H]C([2H])([2H])C([2H])(C([2H])([2H])[2H])[C@]([2H])(N)C(=O)OC1CC2c3cc(OC)c(OC)cc3CCN2CC1CC(C)C.[2H]C([2H])([2H])Oc1cc2c(cc1OC([2H])([2H])[2H])C1CC(OC(=O)[C@@]([2H])(N)C([2H])(C([2H])([2H])[2H])C([2H])([2H])[2H])C(CC(C)C)CN1CC2.[2H]C([2H])([2H])Oc1cc2c(cc1OC)C1CC(OC(=O)[C@@]([2H])(N)C([2H])(C([2H])([2H])[2H])C([2H])([2H])[2H])C(CC(C)C)CN1CC2.[2H]C([2H])([2H])Oc1cc2c(cc1OC)CCN1CC(CC(C)C)C(OC(=O)[C@@]([2H])(N)C([2H])(C([2H])([2H])[2H])C([2H])([2H])[2H])CC21. The Labute approximate surface area is 780 Å². The molecule has 8 aliphatic rings. The van der Waals surface area contributed by atoms with E-state index >= 15 is 0 Å². The van der Waals surface area contributed by atoms with Gasteiger partial charge in [0.25, 0.3) is 0 Å². The van der Waals surface area contributed by atoms with Crippen LogP contribution in [0.2, 0.25) is 0 Å². The summed E-state index contributed by atoms with van der Waals surface area (Å²) >= 11 is 0. The van der Waals surface area contributed by atoms with E-state index in [-0.39, 0.29) is 119 Å². The van der Waals surface area contributed by atoms with Crippen LogP contribution in [0.4, 0.5) is 0 Å². The summed E-state index contributed by atoms with van der Waals surface area (Å²) in [7, 11) is -5.33. The molecule has 0 amide bonds. The largest absolute Gasteiger partial charge is 0.493 e. The number of piperidine rings is 4. The van der Waals surface area contributed by atoms with E-state index in [0.29, 0.717) is 120 Å². The molecular formula is C96H152N8O16. The lowest BCUT2D eigenvalue weighted by Crippen LogP contribution is -2.51. The Kier molecular flexibility index (Phi) is 19.0. The summed E-state index contributed by atoms with van der Waals surface area (Å²) in [5.41, 5.74) is 29.6. The molecule has 0 aliphatic carbocycles. The lowest BCUT2D eigenvalue weighted by Gasteiger charge is -2.47. The second kappa shape index (κ2) is 43.9. The van der Waals surface area contributed by atoms with Gasteiger partial charge < -0.3 is 79.8 Å². The second-order valence-corrected chi connectivity index (χ2v) is 33.7. The Hall–Kier alpha value is -7.16. The van der Waals surface area contributed by atoms with Crippen LogP contribution in [0.1, 0.15) is 291 Å². The van der Waals surface area contributed by atoms with Crippen LogP contribution in [0.3, 0.4) is 0 Å². The highest BCUT2D eigenvalue weighted by Crippen LogP contribution is 2.50. The van der Waals surface area contributed by atoms with Crippen LogP contribution in [0.15, 0.2) is 48.5 Å². The van der Waals surface area contributed by atoms with Crippen molar-refractivity contribution in [3.05, 3.63) is 93.0 Å². The minimum atomic E-state index is -3.71. The van der Waals surface area contributed by atoms with E-state index < -0.39 is 185 Å². The van der Waals surface area contributed by atoms with Gasteiger partial charge in [0.2, 0.25) is 0 Å². The predicted molar refractivity (Wildman–Crippen MR) is 471 cm³/mol. The molecule has 8 heterocycles. The summed E-state index contributed by atoms with van der Waals surface area (Å²) in [6.07, 6.45) is 2.18. The van der Waals surface area contributed by atoms with Crippen LogP contribution in [-0.2, 0) is 63.8 Å². The number of nitrogens with zero attached hydrogens (tertiary/aromatic N) is 4. The van der Waals surface area contributed by atoms with Crippen LogP contribution in [0.25, 0.3) is 0 Å². The Morgan fingerprint density at radius 3 is 0.708 bits per heavy atom. The summed E-state index contributed by atoms with van der Waals surface area (Å²) in [6, 6.07) is -1.90. The minimum absolute atomic E-state index is 0.0208. The molecule has 4 saturated heterocycles. The molecule has 24 heteroatoms. The zero-order chi connectivity index (χ0) is 125. The lowest BCUT2D eigenvalue weighted by molar-refractivity contribution is -0.161. The summed E-state index contributed by atoms with van der Waals surface area (Å²) in [4.78, 5) is 62.1. The highest BCUT2D eigenvalue weighted by Gasteiger charge is 2.47. The average Bonchev–Trinajstić information content (AvgIpc) is 0.725. The first kappa shape index (κ1) is 51.9. The maximum atomic E-state index is 13.4. The standard InChI is InChI=1S/4C24H38N2O4/c4*1-14(2)9-17-13-26-8-7-16-10-21(28-5)22(29-6)11-18(16)19(26)12-20(17)30-24(27)23(25)15(3)4/h4*10-11,14-15,17,19-20,23H,7-9,12-13,25H2,1-6H3/t4*17?,19?,20?,23-/m0000/s1/i3D3,4D3,5D3,6D3,15D,23D;3D3,4D3,6D3,15D,23D;3D3,4D3,5D3,15D,23D;3D3,4D3,15D,23D. The first-order valence-corrected chi connectivity index (χ1v) is 40.7. The van der Waals surface area contributed by atoms with E-state index in [9.17, 15) is 19.2 Å². The molecule has 4 aromatic rings. The lowest BCUT2D eigenvalue weighted by atomic mass is 9.79. The number of methoxy groups -OCH3 is 8. The maximum absolute atomic E-state index is 13.4. The Bertz CT molecular complexity index is 5810. The van der Waals surface area contributed by atoms with E-state index in [2.05, 4.69) is 19.6 Å². The third-order valence-electron chi connectivity index (χ3n) is 23.9. The van der Waals surface area contributed by atoms with Gasteiger partial charge in [-0.15, -0.1) is 0 Å². The number of benzene rings is 4. The second-order valence-electron chi connectivity index (χ2n) is 33.7. The van der Waals surface area contributed by atoms with Crippen molar-refractivity contribution in [1.82, 2.24) is 19.6 Å². The van der Waals surface area contributed by atoms with Gasteiger partial charge in [-0.3, -0.25) is 38.8 Å². The van der Waals surface area contributed by atoms with Crippen molar-refractivity contribution in [2.75, 3.05) is 109 Å². The van der Waals surface area contributed by atoms with Crippen molar-refractivity contribution < 1.29 is 136 Å². The predicted octanol–water partition coefficient (Wildman–Crippen LogP) is 14.3. The number of carbonyl (C=O) groups is 4. The number of fused-ring (bicyclic) bond motifs is 12. The van der Waals surface area contributed by atoms with Crippen molar-refractivity contribution in [3.8, 4) is 46.0 Å². The highest BCUT2D eigenvalue weighted by molar-refractivity contribution is 5.77. The molecule has 0 saturated carbocycles. The molecule has 672 valence electrons. The molecule has 0 aromatic heterocycles. The van der Waals surface area contributed by atoms with Gasteiger partial charge in [-0.1, -0.05) is 110 Å². The van der Waals surface area contributed by atoms with Crippen LogP contribution < -0.4 is 60.8 Å². The van der Waals surface area contributed by atoms with Gasteiger partial charge in [0, 0.05) is 164 Å². The fraction of sp³-hybridized carbons (Fsp3) is 0.708. The molecular weight excluding hydrogens is 1520 g/mol. The minimum Gasteiger partial charge on any atom is -0.493 e. The first-order chi connectivity index (χ1) is 74.1. The van der Waals surface area contributed by atoms with Crippen molar-refractivity contribution in [2.24, 2.45) is 93.9 Å². The number of ether oxygens (including phenoxy) is 12. The molecule has 0 spiro atoms. The molecule has 8 N–H and O–H groups in total. The van der Waals surface area contributed by atoms with Gasteiger partial charge in [-0.2, -0.15) is 0 Å². The third-order valence-corrected chi connectivity index (χ3v) is 23.9. The quantitative estimate of drug-likeness (QED) is 0.0303. The van der Waals surface area contributed by atoms with Gasteiger partial charge in [0.05, 0.1) is 78.5 Å². The average molecular weight is 1720 g/mol. The normalized spacial score (nSPS) is 33.0. The van der Waals surface area contributed by atoms with Crippen LogP contribution in [0.5, 0.6) is 46.0 Å². The van der Waals surface area contributed by atoms with E-state index in [1.807, 2.05) is 67.5 Å². The number of rotatable bonds is 28. The smallest absolute Gasteiger partial charge is 0.323 e. The first-order valence-electron chi connectivity index (χ1n) is 62.7. The summed E-state index contributed by atoms with van der Waals surface area (Å²) in [6.45, 7) is -8.45. The van der Waals surface area contributed by atoms with Crippen molar-refractivity contribution in [1.29, 1.82) is 0 Å². The van der Waals surface area contributed by atoms with Crippen molar-refractivity contribution in [2.45, 2.75) is 260 Å². The van der Waals surface area contributed by atoms with Crippen LogP contribution >= 0.6 is 0 Å². The Morgan fingerprint density at radius 1 is 0.333 bits per heavy atom. The number of hydrogen-bond donors (Lipinski definition) is 4. The summed E-state index contributed by atoms with van der Waals surface area (Å²) in [5, 5.41) is 0. The topological polar surface area (TPSA) is 296 Å².